The molecule has 0 saturated heterocycles. The van der Waals surface area contributed by atoms with Crippen molar-refractivity contribution in [3.8, 4) is 0 Å². The molecule has 2 aromatic carbocycles. The van der Waals surface area contributed by atoms with Gasteiger partial charge in [-0.1, -0.05) is 18.2 Å². The zero-order valence-electron chi connectivity index (χ0n) is 15.6. The van der Waals surface area contributed by atoms with Gasteiger partial charge < -0.3 is 10.2 Å². The van der Waals surface area contributed by atoms with Gasteiger partial charge in [0.2, 0.25) is 5.95 Å². The average Bonchev–Trinajstić information content (AvgIpc) is 3.58. The average molecular weight is 390 g/mol. The van der Waals surface area contributed by atoms with E-state index >= 15 is 0 Å². The number of aromatic nitrogens is 2. The van der Waals surface area contributed by atoms with Crippen LogP contribution in [0.1, 0.15) is 24.8 Å². The highest BCUT2D eigenvalue weighted by molar-refractivity contribution is 7.97. The molecule has 142 valence electrons. The molecule has 5 nitrogen and oxygen atoms in total. The lowest BCUT2D eigenvalue weighted by Crippen LogP contribution is -2.25. The van der Waals surface area contributed by atoms with E-state index in [0.717, 1.165) is 30.9 Å². The van der Waals surface area contributed by atoms with E-state index in [4.69, 9.17) is 4.98 Å². The summed E-state index contributed by atoms with van der Waals surface area (Å²) in [4.78, 5) is 12.7. The van der Waals surface area contributed by atoms with Crippen LogP contribution in [0.15, 0.2) is 65.7 Å². The number of nitrogens with zero attached hydrogens (tertiary/aromatic N) is 3. The van der Waals surface area contributed by atoms with Crippen LogP contribution in [-0.2, 0) is 6.42 Å². The number of fused-ring (bicyclic) bond motifs is 1. The SMILES string of the molecule is c1ccc2c(c1)CCCN2c1ccnc(Nc2ccc(SNC3CC3)cc2)n1. The number of nitrogens with one attached hydrogen (secondary N) is 2. The second-order valence-corrected chi connectivity index (χ2v) is 8.18. The molecule has 0 spiro atoms. The van der Waals surface area contributed by atoms with E-state index in [2.05, 4.69) is 68.5 Å². The predicted molar refractivity (Wildman–Crippen MR) is 116 cm³/mol. The van der Waals surface area contributed by atoms with E-state index < -0.39 is 0 Å². The minimum absolute atomic E-state index is 0.622. The fourth-order valence-electron chi connectivity index (χ4n) is 3.42. The van der Waals surface area contributed by atoms with Crippen molar-refractivity contribution >= 4 is 35.1 Å². The number of para-hydroxylation sites is 1. The van der Waals surface area contributed by atoms with Gasteiger partial charge in [-0.2, -0.15) is 4.98 Å². The van der Waals surface area contributed by atoms with Gasteiger partial charge in [0.05, 0.1) is 0 Å². The van der Waals surface area contributed by atoms with Crippen molar-refractivity contribution in [2.24, 2.45) is 0 Å². The van der Waals surface area contributed by atoms with Crippen molar-refractivity contribution < 1.29 is 0 Å². The quantitative estimate of drug-likeness (QED) is 0.575. The van der Waals surface area contributed by atoms with Gasteiger partial charge in [0.15, 0.2) is 0 Å². The van der Waals surface area contributed by atoms with E-state index in [1.54, 1.807) is 11.9 Å². The molecular formula is C22H23N5S. The van der Waals surface area contributed by atoms with Crippen molar-refractivity contribution in [2.75, 3.05) is 16.8 Å². The highest BCUT2D eigenvalue weighted by atomic mass is 32.2. The van der Waals surface area contributed by atoms with Crippen molar-refractivity contribution in [2.45, 2.75) is 36.6 Å². The first-order chi connectivity index (χ1) is 13.8. The molecule has 0 unspecified atom stereocenters. The molecule has 5 rings (SSSR count). The van der Waals surface area contributed by atoms with Crippen molar-refractivity contribution in [1.29, 1.82) is 0 Å². The van der Waals surface area contributed by atoms with Gasteiger partial charge >= 0.3 is 0 Å². The fourth-order valence-corrected chi connectivity index (χ4v) is 4.23. The van der Waals surface area contributed by atoms with Gasteiger partial charge in [0.25, 0.3) is 0 Å². The summed E-state index contributed by atoms with van der Waals surface area (Å²) in [6.45, 7) is 0.980. The summed E-state index contributed by atoms with van der Waals surface area (Å²) in [5, 5.41) is 3.33. The highest BCUT2D eigenvalue weighted by Crippen LogP contribution is 2.32. The third kappa shape index (κ3) is 3.98. The number of rotatable bonds is 6. The minimum Gasteiger partial charge on any atom is -0.326 e. The Balaban J connectivity index is 1.31. The van der Waals surface area contributed by atoms with Gasteiger partial charge in [-0.25, -0.2) is 4.98 Å². The van der Waals surface area contributed by atoms with E-state index in [9.17, 15) is 0 Å². The zero-order chi connectivity index (χ0) is 18.8. The molecule has 3 aromatic rings. The molecule has 2 heterocycles. The van der Waals surface area contributed by atoms with Crippen molar-refractivity contribution in [1.82, 2.24) is 14.7 Å². The maximum Gasteiger partial charge on any atom is 0.229 e. The summed E-state index contributed by atoms with van der Waals surface area (Å²) < 4.78 is 3.46. The molecule has 2 aliphatic rings. The van der Waals surface area contributed by atoms with Crippen LogP contribution < -0.4 is 14.9 Å². The molecule has 28 heavy (non-hydrogen) atoms. The van der Waals surface area contributed by atoms with Crippen LogP contribution in [-0.4, -0.2) is 22.6 Å². The van der Waals surface area contributed by atoms with Gasteiger partial charge in [-0.05, 0) is 79.6 Å². The molecule has 6 heteroatoms. The first kappa shape index (κ1) is 17.5. The summed E-state index contributed by atoms with van der Waals surface area (Å²) >= 11 is 1.71. The standard InChI is InChI=1S/C22H23N5S/c1-2-6-20-16(4-1)5-3-15-27(20)21-13-14-23-22(25-21)24-17-9-11-19(12-10-17)28-26-18-7-8-18/h1-2,4,6,9-14,18,26H,3,5,7-8,15H2,(H,23,24,25). The Morgan fingerprint density at radius 3 is 2.71 bits per heavy atom. The molecule has 0 bridgehead atoms. The van der Waals surface area contributed by atoms with E-state index in [1.165, 1.54) is 29.0 Å². The number of hydrogen-bond donors (Lipinski definition) is 2. The maximum absolute atomic E-state index is 4.77. The molecule has 1 saturated carbocycles. The summed E-state index contributed by atoms with van der Waals surface area (Å²) in [5.74, 6) is 1.56. The molecule has 0 atom stereocenters. The minimum atomic E-state index is 0.622. The third-order valence-corrected chi connectivity index (χ3v) is 6.02. The van der Waals surface area contributed by atoms with E-state index in [-0.39, 0.29) is 0 Å². The Labute approximate surface area is 169 Å². The number of aryl methyl sites for hydroxylation is 1. The van der Waals surface area contributed by atoms with Crippen LogP contribution in [0.2, 0.25) is 0 Å². The number of anilines is 4. The Morgan fingerprint density at radius 2 is 1.86 bits per heavy atom. The summed E-state index contributed by atoms with van der Waals surface area (Å²) in [6.07, 6.45) is 6.68. The molecule has 1 aliphatic carbocycles. The molecular weight excluding hydrogens is 366 g/mol. The smallest absolute Gasteiger partial charge is 0.229 e. The lowest BCUT2D eigenvalue weighted by Gasteiger charge is -2.30. The second kappa shape index (κ2) is 7.81. The number of hydrogen-bond acceptors (Lipinski definition) is 6. The number of benzene rings is 2. The second-order valence-electron chi connectivity index (χ2n) is 7.27. The Kier molecular flexibility index (Phi) is 4.89. The monoisotopic (exact) mass is 389 g/mol. The largest absolute Gasteiger partial charge is 0.326 e. The zero-order valence-corrected chi connectivity index (χ0v) is 16.5. The van der Waals surface area contributed by atoms with E-state index in [0.29, 0.717) is 12.0 Å². The van der Waals surface area contributed by atoms with Crippen LogP contribution >= 0.6 is 11.9 Å². The van der Waals surface area contributed by atoms with Crippen LogP contribution in [0, 0.1) is 0 Å². The summed E-state index contributed by atoms with van der Waals surface area (Å²) in [7, 11) is 0. The normalized spacial score (nSPS) is 15.9. The maximum atomic E-state index is 4.77. The van der Waals surface area contributed by atoms with Crippen LogP contribution in [0.4, 0.5) is 23.1 Å². The Morgan fingerprint density at radius 1 is 1.00 bits per heavy atom. The van der Waals surface area contributed by atoms with Crippen molar-refractivity contribution in [3.05, 3.63) is 66.4 Å². The van der Waals surface area contributed by atoms with Gasteiger partial charge in [0.1, 0.15) is 5.82 Å². The fraction of sp³-hybridized carbons (Fsp3) is 0.273. The van der Waals surface area contributed by atoms with Crippen molar-refractivity contribution in [3.63, 3.8) is 0 Å². The molecule has 2 N–H and O–H groups in total. The lowest BCUT2D eigenvalue weighted by molar-refractivity contribution is 0.759. The first-order valence-electron chi connectivity index (χ1n) is 9.83. The summed E-state index contributed by atoms with van der Waals surface area (Å²) in [6, 6.07) is 19.6. The lowest BCUT2D eigenvalue weighted by atomic mass is 10.0. The topological polar surface area (TPSA) is 53.1 Å². The molecule has 1 aliphatic heterocycles. The molecule has 0 radical (unpaired) electrons. The predicted octanol–water partition coefficient (Wildman–Crippen LogP) is 5.06. The van der Waals surface area contributed by atoms with Gasteiger partial charge in [0, 0.05) is 35.1 Å². The van der Waals surface area contributed by atoms with E-state index in [1.807, 2.05) is 12.3 Å². The molecule has 1 aromatic heterocycles. The first-order valence-corrected chi connectivity index (χ1v) is 10.6. The third-order valence-electron chi connectivity index (χ3n) is 5.06. The van der Waals surface area contributed by atoms with Gasteiger partial charge in [-0.3, -0.25) is 4.72 Å². The van der Waals surface area contributed by atoms with Crippen LogP contribution in [0.3, 0.4) is 0 Å². The summed E-state index contributed by atoms with van der Waals surface area (Å²) in [5.41, 5.74) is 3.63. The Bertz CT molecular complexity index is 955. The van der Waals surface area contributed by atoms with Crippen LogP contribution in [0.25, 0.3) is 0 Å². The van der Waals surface area contributed by atoms with Gasteiger partial charge in [-0.15, -0.1) is 0 Å². The molecule has 1 fully saturated rings. The molecule has 0 amide bonds. The highest BCUT2D eigenvalue weighted by Gasteiger charge is 2.21. The van der Waals surface area contributed by atoms with Crippen LogP contribution in [0.5, 0.6) is 0 Å². The Hall–Kier alpha value is -2.57.